The lowest BCUT2D eigenvalue weighted by atomic mass is 10.1. The van der Waals surface area contributed by atoms with Gasteiger partial charge >= 0.3 is 0 Å². The number of allylic oxidation sites excluding steroid dienone is 7. The van der Waals surface area contributed by atoms with Crippen LogP contribution in [0.1, 0.15) is 129 Å². The molecule has 1 amide bonds. The van der Waals surface area contributed by atoms with Crippen LogP contribution in [0.2, 0.25) is 0 Å². The van der Waals surface area contributed by atoms with Crippen LogP contribution in [0.4, 0.5) is 0 Å². The standard InChI is InChI=1S/C37H69N2O6P/c1-6-8-10-12-14-16-17-18-19-20-21-23-25-27-29-31-37(41)38-35(34-45-46(42,43)44-33-32-39(3,4)5)36(40)30-28-26-24-22-15-13-11-9-7-2/h14,16,18-19,24,26,28,30,35-36,40H,6-13,15,17,20-23,25,27,29,31-34H2,1-5H3,(H-,38,41,42,43)/b16-14+,19-18+,26-24+,30-28+/t35-,36+/m0/s1. The van der Waals surface area contributed by atoms with Gasteiger partial charge in [-0.15, -0.1) is 0 Å². The molecule has 46 heavy (non-hydrogen) atoms. The molecule has 0 aromatic rings. The first-order valence-corrected chi connectivity index (χ1v) is 19.5. The maximum Gasteiger partial charge on any atom is 0.268 e. The highest BCUT2D eigenvalue weighted by atomic mass is 31.2. The van der Waals surface area contributed by atoms with Crippen LogP contribution in [0.3, 0.4) is 0 Å². The van der Waals surface area contributed by atoms with Crippen molar-refractivity contribution in [3.63, 3.8) is 0 Å². The average molecular weight is 669 g/mol. The molecule has 268 valence electrons. The van der Waals surface area contributed by atoms with E-state index in [9.17, 15) is 19.4 Å². The minimum Gasteiger partial charge on any atom is -0.756 e. The predicted octanol–water partition coefficient (Wildman–Crippen LogP) is 8.33. The zero-order valence-electron chi connectivity index (χ0n) is 30.0. The summed E-state index contributed by atoms with van der Waals surface area (Å²) in [6, 6.07) is -0.923. The number of nitrogens with one attached hydrogen (secondary N) is 1. The van der Waals surface area contributed by atoms with Crippen molar-refractivity contribution >= 4 is 13.7 Å². The summed E-state index contributed by atoms with van der Waals surface area (Å²) in [7, 11) is 1.21. The van der Waals surface area contributed by atoms with E-state index >= 15 is 0 Å². The van der Waals surface area contributed by atoms with Crippen LogP contribution >= 0.6 is 7.82 Å². The Hall–Kier alpha value is -1.54. The fraction of sp³-hybridized carbons (Fsp3) is 0.757. The van der Waals surface area contributed by atoms with Crippen molar-refractivity contribution in [1.29, 1.82) is 0 Å². The summed E-state index contributed by atoms with van der Waals surface area (Å²) in [6.07, 6.45) is 34.5. The maximum absolute atomic E-state index is 12.7. The van der Waals surface area contributed by atoms with Gasteiger partial charge in [0.1, 0.15) is 13.2 Å². The highest BCUT2D eigenvalue weighted by molar-refractivity contribution is 7.45. The number of aliphatic hydroxyl groups is 1. The van der Waals surface area contributed by atoms with Crippen LogP contribution in [-0.2, 0) is 18.4 Å². The number of hydrogen-bond acceptors (Lipinski definition) is 6. The Labute approximate surface area is 282 Å². The van der Waals surface area contributed by atoms with Crippen molar-refractivity contribution in [3.05, 3.63) is 48.6 Å². The van der Waals surface area contributed by atoms with Gasteiger partial charge in [0.05, 0.1) is 39.9 Å². The Morgan fingerprint density at radius 3 is 1.96 bits per heavy atom. The summed E-state index contributed by atoms with van der Waals surface area (Å²) in [5, 5.41) is 13.6. The molecule has 0 aliphatic rings. The molecule has 0 aromatic heterocycles. The van der Waals surface area contributed by atoms with Crippen molar-refractivity contribution in [2.45, 2.75) is 142 Å². The van der Waals surface area contributed by atoms with Gasteiger partial charge < -0.3 is 28.8 Å². The molecule has 0 saturated carbocycles. The molecule has 3 atom stereocenters. The number of quaternary nitrogens is 1. The number of likely N-dealkylation sites (N-methyl/N-ethyl adjacent to an activating group) is 1. The maximum atomic E-state index is 12.7. The van der Waals surface area contributed by atoms with Gasteiger partial charge in [0.15, 0.2) is 0 Å². The third-order valence-electron chi connectivity index (χ3n) is 7.57. The number of phosphoric ester groups is 1. The molecule has 2 N–H and O–H groups in total. The molecular formula is C37H69N2O6P. The van der Waals surface area contributed by atoms with E-state index in [1.54, 1.807) is 12.2 Å². The fourth-order valence-corrected chi connectivity index (χ4v) is 5.31. The quantitative estimate of drug-likeness (QED) is 0.0253. The van der Waals surface area contributed by atoms with E-state index in [-0.39, 0.29) is 12.5 Å². The van der Waals surface area contributed by atoms with Crippen LogP contribution in [0.15, 0.2) is 48.6 Å². The zero-order chi connectivity index (χ0) is 34.4. The minimum absolute atomic E-state index is 0.0141. The van der Waals surface area contributed by atoms with Gasteiger partial charge in [0.25, 0.3) is 7.82 Å². The minimum atomic E-state index is -4.59. The fourth-order valence-electron chi connectivity index (χ4n) is 4.59. The second kappa shape index (κ2) is 29.6. The molecule has 1 unspecified atom stereocenters. The van der Waals surface area contributed by atoms with Gasteiger partial charge in [0.2, 0.25) is 5.91 Å². The zero-order valence-corrected chi connectivity index (χ0v) is 30.9. The van der Waals surface area contributed by atoms with Crippen LogP contribution in [0.25, 0.3) is 0 Å². The highest BCUT2D eigenvalue weighted by Gasteiger charge is 2.23. The number of carbonyl (C=O) groups excluding carboxylic acids is 1. The number of phosphoric acid groups is 1. The van der Waals surface area contributed by atoms with Gasteiger partial charge in [-0.1, -0.05) is 120 Å². The van der Waals surface area contributed by atoms with Gasteiger partial charge in [-0.3, -0.25) is 9.36 Å². The van der Waals surface area contributed by atoms with E-state index < -0.39 is 26.6 Å². The molecule has 0 saturated heterocycles. The Kier molecular flexibility index (Phi) is 28.6. The van der Waals surface area contributed by atoms with Crippen LogP contribution in [0, 0.1) is 0 Å². The number of carbonyl (C=O) groups is 1. The topological polar surface area (TPSA) is 108 Å². The Bertz CT molecular complexity index is 897. The first-order valence-electron chi connectivity index (χ1n) is 18.0. The molecule has 8 nitrogen and oxygen atoms in total. The van der Waals surface area contributed by atoms with Gasteiger partial charge in [-0.05, 0) is 51.4 Å². The summed E-state index contributed by atoms with van der Waals surface area (Å²) in [4.78, 5) is 25.0. The van der Waals surface area contributed by atoms with E-state index in [1.165, 1.54) is 51.4 Å². The Morgan fingerprint density at radius 1 is 0.783 bits per heavy atom. The summed E-state index contributed by atoms with van der Waals surface area (Å²) in [5.41, 5.74) is 0. The van der Waals surface area contributed by atoms with E-state index in [4.69, 9.17) is 9.05 Å². The number of rotatable bonds is 31. The number of hydrogen-bond donors (Lipinski definition) is 2. The lowest BCUT2D eigenvalue weighted by Crippen LogP contribution is -2.45. The molecule has 0 radical (unpaired) electrons. The van der Waals surface area contributed by atoms with E-state index in [1.807, 2.05) is 27.2 Å². The van der Waals surface area contributed by atoms with Gasteiger partial charge in [-0.25, -0.2) is 0 Å². The lowest BCUT2D eigenvalue weighted by Gasteiger charge is -2.29. The van der Waals surface area contributed by atoms with Crippen LogP contribution < -0.4 is 10.2 Å². The molecular weight excluding hydrogens is 599 g/mol. The van der Waals surface area contributed by atoms with Crippen molar-refractivity contribution in [1.82, 2.24) is 5.32 Å². The predicted molar refractivity (Wildman–Crippen MR) is 191 cm³/mol. The molecule has 0 heterocycles. The highest BCUT2D eigenvalue weighted by Crippen LogP contribution is 2.38. The van der Waals surface area contributed by atoms with Crippen molar-refractivity contribution < 1.29 is 32.9 Å². The summed E-state index contributed by atoms with van der Waals surface area (Å²) in [6.45, 7) is 4.48. The third kappa shape index (κ3) is 31.1. The number of unbranched alkanes of at least 4 members (excludes halogenated alkanes) is 13. The molecule has 0 aromatic carbocycles. The van der Waals surface area contributed by atoms with Gasteiger partial charge in [0, 0.05) is 6.42 Å². The number of amides is 1. The van der Waals surface area contributed by atoms with Crippen LogP contribution in [0.5, 0.6) is 0 Å². The summed E-state index contributed by atoms with van der Waals surface area (Å²) in [5.74, 6) is -0.235. The lowest BCUT2D eigenvalue weighted by molar-refractivity contribution is -0.870. The van der Waals surface area contributed by atoms with Crippen molar-refractivity contribution in [2.24, 2.45) is 0 Å². The summed E-state index contributed by atoms with van der Waals surface area (Å²) >= 11 is 0. The van der Waals surface area contributed by atoms with E-state index in [0.717, 1.165) is 57.8 Å². The second-order valence-corrected chi connectivity index (χ2v) is 14.7. The first-order chi connectivity index (χ1) is 22.0. The number of nitrogens with zero attached hydrogens (tertiary/aromatic N) is 1. The molecule has 0 bridgehead atoms. The number of aliphatic hydroxyl groups excluding tert-OH is 1. The van der Waals surface area contributed by atoms with E-state index in [2.05, 4.69) is 49.5 Å². The molecule has 0 aliphatic heterocycles. The largest absolute Gasteiger partial charge is 0.756 e. The first kappa shape index (κ1) is 44.5. The summed E-state index contributed by atoms with van der Waals surface area (Å²) < 4.78 is 23.0. The monoisotopic (exact) mass is 668 g/mol. The van der Waals surface area contributed by atoms with Crippen molar-refractivity contribution in [2.75, 3.05) is 40.9 Å². The smallest absolute Gasteiger partial charge is 0.268 e. The van der Waals surface area contributed by atoms with E-state index in [0.29, 0.717) is 17.4 Å². The molecule has 0 spiro atoms. The average Bonchev–Trinajstić information content (AvgIpc) is 2.99. The van der Waals surface area contributed by atoms with Crippen LogP contribution in [-0.4, -0.2) is 68.5 Å². The SMILES string of the molecule is CCCCC/C=C/C/C=C/CCCCCCCC(=O)N[C@@H](COP(=O)([O-])OCC[N+](C)(C)C)[C@H](O)/C=C/C=C/CCCCCCC. The second-order valence-electron chi connectivity index (χ2n) is 13.3. The van der Waals surface area contributed by atoms with Gasteiger partial charge in [-0.2, -0.15) is 0 Å². The molecule has 0 aliphatic carbocycles. The molecule has 9 heteroatoms. The van der Waals surface area contributed by atoms with Crippen molar-refractivity contribution in [3.8, 4) is 0 Å². The normalized spacial score (nSPS) is 15.4. The molecule has 0 fully saturated rings. The molecule has 0 rings (SSSR count). The third-order valence-corrected chi connectivity index (χ3v) is 8.53. The Balaban J connectivity index is 4.61. The Morgan fingerprint density at radius 2 is 1.33 bits per heavy atom.